The molecule has 1 aromatic rings. The Bertz CT molecular complexity index is 641. The van der Waals surface area contributed by atoms with E-state index in [9.17, 15) is 14.4 Å². The number of halogens is 2. The number of hydrogen-bond acceptors (Lipinski definition) is 4. The van der Waals surface area contributed by atoms with Gasteiger partial charge < -0.3 is 15.0 Å². The van der Waals surface area contributed by atoms with Crippen LogP contribution < -0.4 is 5.32 Å². The lowest BCUT2D eigenvalue weighted by Crippen LogP contribution is -2.46. The van der Waals surface area contributed by atoms with E-state index in [-0.39, 0.29) is 23.0 Å². The van der Waals surface area contributed by atoms with Gasteiger partial charge in [-0.05, 0) is 39.0 Å². The standard InChI is InChI=1S/C16H20Cl2N2O4/c1-16(2,3)19-13(21)8-20(4)14(22)9-24-15(23)11-7-10(17)5-6-12(11)18/h5-7H,8-9H2,1-4H3,(H,19,21). The molecule has 0 saturated carbocycles. The van der Waals surface area contributed by atoms with Crippen molar-refractivity contribution in [1.82, 2.24) is 10.2 Å². The lowest BCUT2D eigenvalue weighted by Gasteiger charge is -2.23. The maximum Gasteiger partial charge on any atom is 0.340 e. The molecule has 0 aliphatic rings. The monoisotopic (exact) mass is 374 g/mol. The van der Waals surface area contributed by atoms with E-state index in [0.29, 0.717) is 5.02 Å². The van der Waals surface area contributed by atoms with E-state index >= 15 is 0 Å². The molecule has 0 spiro atoms. The summed E-state index contributed by atoms with van der Waals surface area (Å²) in [6.07, 6.45) is 0. The quantitative estimate of drug-likeness (QED) is 0.803. The number of carbonyl (C=O) groups is 3. The van der Waals surface area contributed by atoms with E-state index in [1.807, 2.05) is 20.8 Å². The third kappa shape index (κ3) is 6.76. The summed E-state index contributed by atoms with van der Waals surface area (Å²) in [4.78, 5) is 36.8. The van der Waals surface area contributed by atoms with E-state index < -0.39 is 24.0 Å². The highest BCUT2D eigenvalue weighted by atomic mass is 35.5. The van der Waals surface area contributed by atoms with Gasteiger partial charge in [-0.3, -0.25) is 9.59 Å². The van der Waals surface area contributed by atoms with Crippen molar-refractivity contribution >= 4 is 41.0 Å². The molecule has 0 fully saturated rings. The Hall–Kier alpha value is -1.79. The van der Waals surface area contributed by atoms with Crippen molar-refractivity contribution < 1.29 is 19.1 Å². The predicted molar refractivity (Wildman–Crippen MR) is 92.3 cm³/mol. The minimum Gasteiger partial charge on any atom is -0.452 e. The molecule has 0 aliphatic carbocycles. The van der Waals surface area contributed by atoms with Crippen molar-refractivity contribution in [3.8, 4) is 0 Å². The number of rotatable bonds is 5. The third-order valence-electron chi connectivity index (χ3n) is 2.80. The van der Waals surface area contributed by atoms with Crippen molar-refractivity contribution in [2.45, 2.75) is 26.3 Å². The first-order valence-corrected chi connectivity index (χ1v) is 7.92. The van der Waals surface area contributed by atoms with Crippen LogP contribution >= 0.6 is 23.2 Å². The summed E-state index contributed by atoms with van der Waals surface area (Å²) in [6, 6.07) is 4.36. The summed E-state index contributed by atoms with van der Waals surface area (Å²) >= 11 is 11.7. The first kappa shape index (κ1) is 20.3. The summed E-state index contributed by atoms with van der Waals surface area (Å²) in [5, 5.41) is 3.24. The topological polar surface area (TPSA) is 75.7 Å². The zero-order chi connectivity index (χ0) is 18.5. The minimum absolute atomic E-state index is 0.0742. The van der Waals surface area contributed by atoms with Crippen LogP contribution in [0.1, 0.15) is 31.1 Å². The summed E-state index contributed by atoms with van der Waals surface area (Å²) in [5.74, 6) is -1.57. The average molecular weight is 375 g/mol. The smallest absolute Gasteiger partial charge is 0.340 e. The zero-order valence-corrected chi connectivity index (χ0v) is 15.5. The van der Waals surface area contributed by atoms with Crippen LogP contribution in [-0.2, 0) is 14.3 Å². The fourth-order valence-electron chi connectivity index (χ4n) is 1.73. The van der Waals surface area contributed by atoms with E-state index in [1.165, 1.54) is 30.1 Å². The molecule has 6 nitrogen and oxygen atoms in total. The molecule has 0 radical (unpaired) electrons. The lowest BCUT2D eigenvalue weighted by molar-refractivity contribution is -0.137. The van der Waals surface area contributed by atoms with E-state index in [4.69, 9.17) is 27.9 Å². The van der Waals surface area contributed by atoms with Gasteiger partial charge in [0.25, 0.3) is 5.91 Å². The number of nitrogens with zero attached hydrogens (tertiary/aromatic N) is 1. The SMILES string of the molecule is CN(CC(=O)NC(C)(C)C)C(=O)COC(=O)c1cc(Cl)ccc1Cl. The van der Waals surface area contributed by atoms with E-state index in [1.54, 1.807) is 0 Å². The van der Waals surface area contributed by atoms with Gasteiger partial charge in [-0.25, -0.2) is 4.79 Å². The molecule has 8 heteroatoms. The number of benzene rings is 1. The summed E-state index contributed by atoms with van der Waals surface area (Å²) in [7, 11) is 1.45. The van der Waals surface area contributed by atoms with Gasteiger partial charge in [-0.15, -0.1) is 0 Å². The number of ether oxygens (including phenoxy) is 1. The molecule has 0 aliphatic heterocycles. The number of esters is 1. The van der Waals surface area contributed by atoms with Gasteiger partial charge >= 0.3 is 5.97 Å². The second kappa shape index (κ2) is 8.35. The highest BCUT2D eigenvalue weighted by molar-refractivity contribution is 6.35. The summed E-state index contributed by atoms with van der Waals surface area (Å²) in [6.45, 7) is 4.88. The number of amides is 2. The lowest BCUT2D eigenvalue weighted by atomic mass is 10.1. The second-order valence-corrected chi connectivity index (χ2v) is 7.09. The molecule has 132 valence electrons. The van der Waals surface area contributed by atoms with Crippen molar-refractivity contribution in [2.75, 3.05) is 20.2 Å². The molecule has 2 amide bonds. The number of nitrogens with one attached hydrogen (secondary N) is 1. The first-order chi connectivity index (χ1) is 11.0. The van der Waals surface area contributed by atoms with Crippen molar-refractivity contribution in [3.05, 3.63) is 33.8 Å². The van der Waals surface area contributed by atoms with Gasteiger partial charge in [-0.1, -0.05) is 23.2 Å². The fourth-order valence-corrected chi connectivity index (χ4v) is 2.10. The van der Waals surface area contributed by atoms with Gasteiger partial charge in [-0.2, -0.15) is 0 Å². The average Bonchev–Trinajstić information content (AvgIpc) is 2.44. The zero-order valence-electron chi connectivity index (χ0n) is 14.0. The van der Waals surface area contributed by atoms with Crippen LogP contribution in [0.5, 0.6) is 0 Å². The number of hydrogen-bond donors (Lipinski definition) is 1. The Labute approximate surface area is 151 Å². The Kier molecular flexibility index (Phi) is 7.05. The normalized spacial score (nSPS) is 10.9. The largest absolute Gasteiger partial charge is 0.452 e. The maximum absolute atomic E-state index is 11.9. The molecule has 1 aromatic carbocycles. The van der Waals surface area contributed by atoms with Gasteiger partial charge in [0.1, 0.15) is 0 Å². The summed E-state index contributed by atoms with van der Waals surface area (Å²) in [5.41, 5.74) is -0.318. The van der Waals surface area contributed by atoms with Gasteiger partial charge in [0.15, 0.2) is 6.61 Å². The van der Waals surface area contributed by atoms with Gasteiger partial charge in [0.05, 0.1) is 17.1 Å². The fraction of sp³-hybridized carbons (Fsp3) is 0.438. The van der Waals surface area contributed by atoms with Crippen LogP contribution in [-0.4, -0.2) is 48.4 Å². The highest BCUT2D eigenvalue weighted by Crippen LogP contribution is 2.21. The predicted octanol–water partition coefficient (Wildman–Crippen LogP) is 2.52. The second-order valence-electron chi connectivity index (χ2n) is 6.25. The van der Waals surface area contributed by atoms with Crippen LogP contribution in [0.25, 0.3) is 0 Å². The Morgan fingerprint density at radius 3 is 2.42 bits per heavy atom. The van der Waals surface area contributed by atoms with Crippen LogP contribution in [0.4, 0.5) is 0 Å². The molecule has 0 heterocycles. The van der Waals surface area contributed by atoms with Crippen LogP contribution in [0, 0.1) is 0 Å². The van der Waals surface area contributed by atoms with E-state index in [0.717, 1.165) is 0 Å². The number of carbonyl (C=O) groups excluding carboxylic acids is 3. The summed E-state index contributed by atoms with van der Waals surface area (Å²) < 4.78 is 4.92. The highest BCUT2D eigenvalue weighted by Gasteiger charge is 2.20. The molecule has 0 unspecified atom stereocenters. The van der Waals surface area contributed by atoms with Crippen molar-refractivity contribution in [3.63, 3.8) is 0 Å². The number of likely N-dealkylation sites (N-methyl/N-ethyl adjacent to an activating group) is 1. The molecule has 24 heavy (non-hydrogen) atoms. The van der Waals surface area contributed by atoms with Crippen LogP contribution in [0.3, 0.4) is 0 Å². The molecule has 0 atom stereocenters. The molecule has 1 N–H and O–H groups in total. The molecule has 0 saturated heterocycles. The Morgan fingerprint density at radius 2 is 1.83 bits per heavy atom. The molecular weight excluding hydrogens is 355 g/mol. The molecule has 0 bridgehead atoms. The molecule has 0 aromatic heterocycles. The Morgan fingerprint density at radius 1 is 1.21 bits per heavy atom. The molecule has 1 rings (SSSR count). The van der Waals surface area contributed by atoms with Crippen molar-refractivity contribution in [2.24, 2.45) is 0 Å². The minimum atomic E-state index is -0.761. The Balaban J connectivity index is 2.54. The van der Waals surface area contributed by atoms with Crippen molar-refractivity contribution in [1.29, 1.82) is 0 Å². The molecular formula is C16H20Cl2N2O4. The van der Waals surface area contributed by atoms with Crippen LogP contribution in [0.15, 0.2) is 18.2 Å². The van der Waals surface area contributed by atoms with Gasteiger partial charge in [0, 0.05) is 17.6 Å². The first-order valence-electron chi connectivity index (χ1n) is 7.17. The third-order valence-corrected chi connectivity index (χ3v) is 3.36. The van der Waals surface area contributed by atoms with E-state index in [2.05, 4.69) is 5.32 Å². The van der Waals surface area contributed by atoms with Gasteiger partial charge in [0.2, 0.25) is 5.91 Å². The maximum atomic E-state index is 11.9. The van der Waals surface area contributed by atoms with Crippen LogP contribution in [0.2, 0.25) is 10.0 Å².